The predicted octanol–water partition coefficient (Wildman–Crippen LogP) is 1.48. The van der Waals surface area contributed by atoms with Crippen molar-refractivity contribution >= 4 is 0 Å². The summed E-state index contributed by atoms with van der Waals surface area (Å²) < 4.78 is 5.07. The van der Waals surface area contributed by atoms with Gasteiger partial charge in [-0.15, -0.1) is 0 Å². The van der Waals surface area contributed by atoms with Gasteiger partial charge in [0.25, 0.3) is 0 Å². The molecule has 0 aliphatic carbocycles. The third kappa shape index (κ3) is 2.81. The van der Waals surface area contributed by atoms with Crippen molar-refractivity contribution < 1.29 is 4.52 Å². The maximum Gasteiger partial charge on any atom is 0.240 e. The molecular weight excluding hydrogens is 166 g/mol. The van der Waals surface area contributed by atoms with Crippen LogP contribution in [0.4, 0.5) is 0 Å². The lowest BCUT2D eigenvalue weighted by Crippen LogP contribution is -2.15. The molecule has 0 spiro atoms. The molecule has 0 radical (unpaired) electrons. The van der Waals surface area contributed by atoms with Crippen LogP contribution in [0.2, 0.25) is 0 Å². The molecule has 0 fully saturated rings. The molecule has 0 saturated carbocycles. The Morgan fingerprint density at radius 3 is 2.54 bits per heavy atom. The molecule has 0 bridgehead atoms. The Kier molecular flexibility index (Phi) is 3.03. The van der Waals surface area contributed by atoms with Gasteiger partial charge in [0.1, 0.15) is 0 Å². The van der Waals surface area contributed by atoms with E-state index in [1.54, 1.807) is 0 Å². The first kappa shape index (κ1) is 10.2. The molecule has 1 N–H and O–H groups in total. The van der Waals surface area contributed by atoms with E-state index in [1.165, 1.54) is 0 Å². The maximum atomic E-state index is 5.07. The smallest absolute Gasteiger partial charge is 0.240 e. The minimum Gasteiger partial charge on any atom is -0.338 e. The highest BCUT2D eigenvalue weighted by Crippen LogP contribution is 2.18. The monoisotopic (exact) mass is 183 g/mol. The van der Waals surface area contributed by atoms with E-state index in [2.05, 4.69) is 36.2 Å². The molecule has 1 aromatic heterocycles. The summed E-state index contributed by atoms with van der Waals surface area (Å²) in [7, 11) is 0. The molecule has 4 nitrogen and oxygen atoms in total. The number of hydrogen-bond acceptors (Lipinski definition) is 4. The van der Waals surface area contributed by atoms with E-state index in [4.69, 9.17) is 4.52 Å². The summed E-state index contributed by atoms with van der Waals surface area (Å²) in [5, 5.41) is 7.05. The molecule has 0 atom stereocenters. The molecule has 1 aromatic rings. The fraction of sp³-hybridized carbons (Fsp3) is 0.778. The average Bonchev–Trinajstić information content (AvgIpc) is 2.47. The predicted molar refractivity (Wildman–Crippen MR) is 50.4 cm³/mol. The van der Waals surface area contributed by atoms with Crippen molar-refractivity contribution in [1.82, 2.24) is 15.5 Å². The summed E-state index contributed by atoms with van der Waals surface area (Å²) in [4.78, 5) is 4.28. The fourth-order valence-electron chi connectivity index (χ4n) is 0.863. The minimum absolute atomic E-state index is 0.0338. The summed E-state index contributed by atoms with van der Waals surface area (Å²) in [5.74, 6) is 1.42. The molecule has 13 heavy (non-hydrogen) atoms. The van der Waals surface area contributed by atoms with Crippen LogP contribution in [0.25, 0.3) is 0 Å². The highest BCUT2D eigenvalue weighted by atomic mass is 16.5. The van der Waals surface area contributed by atoms with Crippen molar-refractivity contribution in [2.75, 3.05) is 6.54 Å². The van der Waals surface area contributed by atoms with Gasteiger partial charge < -0.3 is 9.84 Å². The van der Waals surface area contributed by atoms with Gasteiger partial charge in [0, 0.05) is 5.41 Å². The molecule has 74 valence electrons. The van der Waals surface area contributed by atoms with Gasteiger partial charge in [0.05, 0.1) is 6.54 Å². The van der Waals surface area contributed by atoms with Crippen LogP contribution < -0.4 is 5.32 Å². The number of rotatable bonds is 3. The lowest BCUT2D eigenvalue weighted by Gasteiger charge is -2.10. The second-order valence-corrected chi connectivity index (χ2v) is 4.04. The standard InChI is InChI=1S/C9H17N3O/c1-5-10-6-7-11-8(12-13-7)9(2,3)4/h10H,5-6H2,1-4H3. The number of nitrogens with one attached hydrogen (secondary N) is 1. The minimum atomic E-state index is -0.0338. The third-order valence-electron chi connectivity index (χ3n) is 1.67. The number of hydrogen-bond donors (Lipinski definition) is 1. The molecule has 1 heterocycles. The highest BCUT2D eigenvalue weighted by molar-refractivity contribution is 4.99. The molecule has 1 rings (SSSR count). The summed E-state index contributed by atoms with van der Waals surface area (Å²) in [5.41, 5.74) is -0.0338. The second-order valence-electron chi connectivity index (χ2n) is 4.04. The first-order valence-electron chi connectivity index (χ1n) is 4.58. The Labute approximate surface area is 78.7 Å². The SMILES string of the molecule is CCNCc1nc(C(C)(C)C)no1. The largest absolute Gasteiger partial charge is 0.338 e. The molecule has 4 heteroatoms. The maximum absolute atomic E-state index is 5.07. The third-order valence-corrected chi connectivity index (χ3v) is 1.67. The molecule has 0 aliphatic rings. The number of aromatic nitrogens is 2. The van der Waals surface area contributed by atoms with Crippen molar-refractivity contribution in [1.29, 1.82) is 0 Å². The van der Waals surface area contributed by atoms with Crippen LogP contribution in [0.15, 0.2) is 4.52 Å². The van der Waals surface area contributed by atoms with E-state index in [9.17, 15) is 0 Å². The zero-order valence-electron chi connectivity index (χ0n) is 8.72. The topological polar surface area (TPSA) is 51.0 Å². The first-order valence-corrected chi connectivity index (χ1v) is 4.58. The Morgan fingerprint density at radius 2 is 2.08 bits per heavy atom. The Balaban J connectivity index is 2.64. The number of nitrogens with zero attached hydrogens (tertiary/aromatic N) is 2. The molecule has 0 aliphatic heterocycles. The molecule has 0 saturated heterocycles. The quantitative estimate of drug-likeness (QED) is 0.771. The lowest BCUT2D eigenvalue weighted by molar-refractivity contribution is 0.355. The Morgan fingerprint density at radius 1 is 1.38 bits per heavy atom. The lowest BCUT2D eigenvalue weighted by atomic mass is 9.96. The summed E-state index contributed by atoms with van der Waals surface area (Å²) in [6.07, 6.45) is 0. The van der Waals surface area contributed by atoms with E-state index in [-0.39, 0.29) is 5.41 Å². The molecule has 0 unspecified atom stereocenters. The van der Waals surface area contributed by atoms with Gasteiger partial charge in [-0.05, 0) is 6.54 Å². The summed E-state index contributed by atoms with van der Waals surface area (Å²) >= 11 is 0. The molecule has 0 aromatic carbocycles. The van der Waals surface area contributed by atoms with Crippen molar-refractivity contribution in [3.63, 3.8) is 0 Å². The zero-order chi connectivity index (χ0) is 9.90. The van der Waals surface area contributed by atoms with Crippen LogP contribution in [-0.2, 0) is 12.0 Å². The van der Waals surface area contributed by atoms with Crippen molar-refractivity contribution in [2.24, 2.45) is 0 Å². The second kappa shape index (κ2) is 3.87. The molecule has 0 amide bonds. The summed E-state index contributed by atoms with van der Waals surface area (Å²) in [6, 6.07) is 0. The fourth-order valence-corrected chi connectivity index (χ4v) is 0.863. The van der Waals surface area contributed by atoms with Crippen molar-refractivity contribution in [3.05, 3.63) is 11.7 Å². The van der Waals surface area contributed by atoms with Crippen LogP contribution in [0.3, 0.4) is 0 Å². The van der Waals surface area contributed by atoms with Gasteiger partial charge in [0.2, 0.25) is 5.89 Å². The Hall–Kier alpha value is -0.900. The normalized spacial score (nSPS) is 12.0. The van der Waals surface area contributed by atoms with E-state index in [0.717, 1.165) is 12.4 Å². The molecular formula is C9H17N3O. The van der Waals surface area contributed by atoms with Gasteiger partial charge in [-0.1, -0.05) is 32.9 Å². The van der Waals surface area contributed by atoms with Crippen LogP contribution in [0.1, 0.15) is 39.4 Å². The van der Waals surface area contributed by atoms with Crippen LogP contribution in [-0.4, -0.2) is 16.7 Å². The van der Waals surface area contributed by atoms with Crippen LogP contribution >= 0.6 is 0 Å². The van der Waals surface area contributed by atoms with Gasteiger partial charge in [-0.2, -0.15) is 4.98 Å². The van der Waals surface area contributed by atoms with E-state index in [0.29, 0.717) is 12.4 Å². The van der Waals surface area contributed by atoms with E-state index in [1.807, 2.05) is 6.92 Å². The van der Waals surface area contributed by atoms with Crippen molar-refractivity contribution in [2.45, 2.75) is 39.7 Å². The zero-order valence-corrected chi connectivity index (χ0v) is 8.72. The van der Waals surface area contributed by atoms with Crippen molar-refractivity contribution in [3.8, 4) is 0 Å². The van der Waals surface area contributed by atoms with Gasteiger partial charge in [0.15, 0.2) is 5.82 Å². The van der Waals surface area contributed by atoms with E-state index >= 15 is 0 Å². The van der Waals surface area contributed by atoms with E-state index < -0.39 is 0 Å². The Bertz CT molecular complexity index is 262. The highest BCUT2D eigenvalue weighted by Gasteiger charge is 2.20. The van der Waals surface area contributed by atoms with Gasteiger partial charge in [-0.25, -0.2) is 0 Å². The van der Waals surface area contributed by atoms with Gasteiger partial charge in [-0.3, -0.25) is 0 Å². The van der Waals surface area contributed by atoms with Crippen LogP contribution in [0, 0.1) is 0 Å². The average molecular weight is 183 g/mol. The first-order chi connectivity index (χ1) is 6.04. The van der Waals surface area contributed by atoms with Crippen LogP contribution in [0.5, 0.6) is 0 Å². The summed E-state index contributed by atoms with van der Waals surface area (Å²) in [6.45, 7) is 9.80. The van der Waals surface area contributed by atoms with Gasteiger partial charge >= 0.3 is 0 Å².